The number of benzene rings is 1. The molecule has 1 aromatic heterocycles. The van der Waals surface area contributed by atoms with E-state index in [1.165, 1.54) is 27.8 Å². The van der Waals surface area contributed by atoms with Crippen LogP contribution in [-0.4, -0.2) is 30.9 Å². The second-order valence-corrected chi connectivity index (χ2v) is 8.26. The van der Waals surface area contributed by atoms with E-state index in [-0.39, 0.29) is 24.9 Å². The van der Waals surface area contributed by atoms with Gasteiger partial charge in [-0.3, -0.25) is 9.59 Å². The predicted molar refractivity (Wildman–Crippen MR) is 105 cm³/mol. The number of amides is 1. The number of anilines is 1. The molecule has 0 fully saturated rings. The fourth-order valence-corrected chi connectivity index (χ4v) is 4.69. The number of aryl methyl sites for hydroxylation is 1. The number of carbonyl (C=O) groups is 3. The van der Waals surface area contributed by atoms with E-state index in [0.717, 1.165) is 25.7 Å². The van der Waals surface area contributed by atoms with Gasteiger partial charge in [0, 0.05) is 10.4 Å². The third kappa shape index (κ3) is 3.80. The van der Waals surface area contributed by atoms with Crippen molar-refractivity contribution in [2.45, 2.75) is 32.6 Å². The van der Waals surface area contributed by atoms with E-state index < -0.39 is 5.97 Å². The van der Waals surface area contributed by atoms with Crippen molar-refractivity contribution in [3.63, 3.8) is 0 Å². The molecule has 0 bridgehead atoms. The fourth-order valence-electron chi connectivity index (χ4n) is 3.59. The van der Waals surface area contributed by atoms with Gasteiger partial charge < -0.3 is 14.8 Å². The quantitative estimate of drug-likeness (QED) is 0.613. The topological polar surface area (TPSA) is 81.7 Å². The summed E-state index contributed by atoms with van der Waals surface area (Å²) < 4.78 is 10.5. The van der Waals surface area contributed by atoms with E-state index >= 15 is 0 Å². The zero-order chi connectivity index (χ0) is 19.7. The van der Waals surface area contributed by atoms with E-state index in [9.17, 15) is 14.4 Å². The maximum Gasteiger partial charge on any atom is 0.348 e. The molecule has 6 nitrogen and oxygen atoms in total. The third-order valence-corrected chi connectivity index (χ3v) is 6.45. The van der Waals surface area contributed by atoms with Gasteiger partial charge in [0.05, 0.1) is 5.69 Å². The largest absolute Gasteiger partial charge is 0.482 e. The number of esters is 1. The minimum atomic E-state index is -0.463. The van der Waals surface area contributed by atoms with Gasteiger partial charge in [0.25, 0.3) is 5.91 Å². The molecule has 146 valence electrons. The van der Waals surface area contributed by atoms with Gasteiger partial charge in [0.1, 0.15) is 10.6 Å². The van der Waals surface area contributed by atoms with E-state index in [4.69, 9.17) is 9.47 Å². The molecule has 1 aliphatic carbocycles. The first kappa shape index (κ1) is 18.7. The molecule has 1 amide bonds. The van der Waals surface area contributed by atoms with Crippen LogP contribution in [0.25, 0.3) is 0 Å². The Balaban J connectivity index is 1.39. The number of thiophene rings is 1. The predicted octanol–water partition coefficient (Wildman–Crippen LogP) is 3.63. The number of hydrogen-bond donors (Lipinski definition) is 1. The summed E-state index contributed by atoms with van der Waals surface area (Å²) >= 11 is 1.47. The highest BCUT2D eigenvalue weighted by Crippen LogP contribution is 2.34. The Labute approximate surface area is 166 Å². The highest BCUT2D eigenvalue weighted by molar-refractivity contribution is 7.14. The van der Waals surface area contributed by atoms with Crippen molar-refractivity contribution in [3.05, 3.63) is 45.1 Å². The number of rotatable bonds is 5. The highest BCUT2D eigenvalue weighted by atomic mass is 32.1. The van der Waals surface area contributed by atoms with Gasteiger partial charge in [0.2, 0.25) is 0 Å². The van der Waals surface area contributed by atoms with Crippen LogP contribution in [0.3, 0.4) is 0 Å². The van der Waals surface area contributed by atoms with Crippen LogP contribution in [0.4, 0.5) is 5.69 Å². The lowest BCUT2D eigenvalue weighted by atomic mass is 9.87. The van der Waals surface area contributed by atoms with Crippen LogP contribution in [-0.2, 0) is 22.4 Å². The molecule has 1 aliphatic heterocycles. The standard InChI is InChI=1S/C21H21NO5S/c1-2-12-3-6-18-14(7-12)9-19(28-18)21(25)27-10-16(23)13-4-5-17-15(8-13)22-20(24)11-26-17/h4-5,8-9,12H,2-3,6-7,10-11H2,1H3,(H,22,24)/t12-/m0/s1. The van der Waals surface area contributed by atoms with Gasteiger partial charge in [-0.15, -0.1) is 11.3 Å². The lowest BCUT2D eigenvalue weighted by Crippen LogP contribution is -2.25. The van der Waals surface area contributed by atoms with Crippen molar-refractivity contribution in [1.82, 2.24) is 0 Å². The molecule has 1 atom stereocenters. The van der Waals surface area contributed by atoms with Gasteiger partial charge in [0.15, 0.2) is 19.0 Å². The Hall–Kier alpha value is -2.67. The van der Waals surface area contributed by atoms with Gasteiger partial charge in [-0.1, -0.05) is 13.3 Å². The van der Waals surface area contributed by atoms with Crippen LogP contribution in [0.1, 0.15) is 50.2 Å². The fraction of sp³-hybridized carbons (Fsp3) is 0.381. The molecule has 1 aromatic carbocycles. The summed E-state index contributed by atoms with van der Waals surface area (Å²) in [4.78, 5) is 38.0. The molecule has 28 heavy (non-hydrogen) atoms. The second kappa shape index (κ2) is 7.75. The Morgan fingerprint density at radius 2 is 2.18 bits per heavy atom. The second-order valence-electron chi connectivity index (χ2n) is 7.12. The number of Topliss-reactive ketones (excluding diaryl/α,β-unsaturated/α-hetero) is 1. The SMILES string of the molecule is CC[C@H]1CCc2sc(C(=O)OCC(=O)c3ccc4c(c3)NC(=O)CO4)cc2C1. The number of ketones is 1. The van der Waals surface area contributed by atoms with Crippen LogP contribution in [0.2, 0.25) is 0 Å². The number of carbonyl (C=O) groups excluding carboxylic acids is 3. The van der Waals surface area contributed by atoms with Crippen LogP contribution < -0.4 is 10.1 Å². The summed E-state index contributed by atoms with van der Waals surface area (Å²) in [5.41, 5.74) is 2.05. The van der Waals surface area contributed by atoms with Crippen molar-refractivity contribution < 1.29 is 23.9 Å². The molecule has 7 heteroatoms. The Morgan fingerprint density at radius 1 is 1.32 bits per heavy atom. The van der Waals surface area contributed by atoms with Crippen LogP contribution in [0.15, 0.2) is 24.3 Å². The van der Waals surface area contributed by atoms with E-state index in [2.05, 4.69) is 12.2 Å². The van der Waals surface area contributed by atoms with Gasteiger partial charge in [-0.2, -0.15) is 0 Å². The van der Waals surface area contributed by atoms with Crippen molar-refractivity contribution >= 4 is 34.7 Å². The van der Waals surface area contributed by atoms with Crippen LogP contribution >= 0.6 is 11.3 Å². The van der Waals surface area contributed by atoms with Crippen LogP contribution in [0, 0.1) is 5.92 Å². The Kier molecular flexibility index (Phi) is 5.17. The zero-order valence-corrected chi connectivity index (χ0v) is 16.4. The first-order chi connectivity index (χ1) is 13.5. The van der Waals surface area contributed by atoms with Crippen LogP contribution in [0.5, 0.6) is 5.75 Å². The molecule has 4 rings (SSSR count). The molecule has 0 spiro atoms. The maximum absolute atomic E-state index is 12.4. The van der Waals surface area contributed by atoms with E-state index in [1.54, 1.807) is 12.1 Å². The molecule has 1 N–H and O–H groups in total. The molecule has 2 heterocycles. The molecule has 0 saturated heterocycles. The van der Waals surface area contributed by atoms with Gasteiger partial charge >= 0.3 is 5.97 Å². The summed E-state index contributed by atoms with van der Waals surface area (Å²) in [6, 6.07) is 6.68. The van der Waals surface area contributed by atoms with Gasteiger partial charge in [-0.25, -0.2) is 4.79 Å². The average molecular weight is 399 g/mol. The average Bonchev–Trinajstić information content (AvgIpc) is 3.14. The summed E-state index contributed by atoms with van der Waals surface area (Å²) in [7, 11) is 0. The minimum Gasteiger partial charge on any atom is -0.482 e. The molecule has 0 radical (unpaired) electrons. The molecule has 2 aromatic rings. The minimum absolute atomic E-state index is 0.0400. The van der Waals surface area contributed by atoms with E-state index in [1.807, 2.05) is 6.07 Å². The summed E-state index contributed by atoms with van der Waals surface area (Å²) in [6.45, 7) is 1.81. The third-order valence-electron chi connectivity index (χ3n) is 5.23. The number of ether oxygens (including phenoxy) is 2. The smallest absolute Gasteiger partial charge is 0.348 e. The summed E-state index contributed by atoms with van der Waals surface area (Å²) in [5.74, 6) is 0.137. The molecule has 0 unspecified atom stereocenters. The molecule has 0 saturated carbocycles. The lowest BCUT2D eigenvalue weighted by molar-refractivity contribution is -0.118. The van der Waals surface area contributed by atoms with Crippen molar-refractivity contribution in [1.29, 1.82) is 0 Å². The zero-order valence-electron chi connectivity index (χ0n) is 15.6. The highest BCUT2D eigenvalue weighted by Gasteiger charge is 2.23. The summed E-state index contributed by atoms with van der Waals surface area (Å²) in [6.07, 6.45) is 4.33. The number of nitrogens with one attached hydrogen (secondary N) is 1. The Morgan fingerprint density at radius 3 is 3.00 bits per heavy atom. The monoisotopic (exact) mass is 399 g/mol. The number of fused-ring (bicyclic) bond motifs is 2. The molecular weight excluding hydrogens is 378 g/mol. The summed E-state index contributed by atoms with van der Waals surface area (Å²) in [5, 5.41) is 2.66. The van der Waals surface area contributed by atoms with Gasteiger partial charge in [-0.05, 0) is 55.0 Å². The number of hydrogen-bond acceptors (Lipinski definition) is 6. The normalized spacial score (nSPS) is 17.8. The first-order valence-corrected chi connectivity index (χ1v) is 10.2. The lowest BCUT2D eigenvalue weighted by Gasteiger charge is -2.19. The first-order valence-electron chi connectivity index (χ1n) is 9.42. The van der Waals surface area contributed by atoms with Crippen molar-refractivity contribution in [2.24, 2.45) is 5.92 Å². The van der Waals surface area contributed by atoms with Crippen molar-refractivity contribution in [3.8, 4) is 5.75 Å². The van der Waals surface area contributed by atoms with Crippen molar-refractivity contribution in [2.75, 3.05) is 18.5 Å². The maximum atomic E-state index is 12.4. The van der Waals surface area contributed by atoms with E-state index in [0.29, 0.717) is 27.8 Å². The Bertz CT molecular complexity index is 948. The molecule has 2 aliphatic rings. The molecular formula is C21H21NO5S.